The third kappa shape index (κ3) is 3.35. The molecule has 0 nitrogen and oxygen atoms in total. The van der Waals surface area contributed by atoms with Crippen LogP contribution in [0.4, 0.5) is 0 Å². The third-order valence-corrected chi connectivity index (χ3v) is 6.25. The van der Waals surface area contributed by atoms with E-state index in [2.05, 4.69) is 44.2 Å². The van der Waals surface area contributed by atoms with E-state index in [4.69, 9.17) is 0 Å². The fourth-order valence-electron chi connectivity index (χ4n) is 2.19. The molecule has 0 saturated carbocycles. The van der Waals surface area contributed by atoms with Crippen molar-refractivity contribution in [2.45, 2.75) is 39.5 Å². The maximum atomic E-state index is 2.38. The Balaban J connectivity index is 1.96. The van der Waals surface area contributed by atoms with Crippen LogP contribution in [0, 0.1) is 0 Å². The predicted molar refractivity (Wildman–Crippen MR) is 68.2 cm³/mol. The Morgan fingerprint density at radius 2 is 2.06 bits per heavy atom. The number of hydrogen-bond acceptors (Lipinski definition) is 0. The fourth-order valence-corrected chi connectivity index (χ4v) is 5.12. The number of allylic oxidation sites excluding steroid dienone is 8. The zero-order valence-corrected chi connectivity index (χ0v) is 12.7. The first kappa shape index (κ1) is 12.2. The Morgan fingerprint density at radius 1 is 1.19 bits per heavy atom. The van der Waals surface area contributed by atoms with Crippen molar-refractivity contribution in [3.8, 4) is 0 Å². The summed E-state index contributed by atoms with van der Waals surface area (Å²) in [5, 5.41) is 0. The van der Waals surface area contributed by atoms with E-state index in [-0.39, 0.29) is 22.8 Å². The molecule has 2 aliphatic carbocycles. The summed E-state index contributed by atoms with van der Waals surface area (Å²) < 4.78 is 3.51. The van der Waals surface area contributed by atoms with Crippen LogP contribution in [0.25, 0.3) is 0 Å². The van der Waals surface area contributed by atoms with Crippen LogP contribution in [0.15, 0.2) is 44.8 Å². The van der Waals surface area contributed by atoms with E-state index in [0.29, 0.717) is 0 Å². The molecule has 0 aromatic rings. The van der Waals surface area contributed by atoms with Gasteiger partial charge in [0, 0.05) is 0 Å². The van der Waals surface area contributed by atoms with Crippen molar-refractivity contribution in [3.63, 3.8) is 0 Å². The van der Waals surface area contributed by atoms with Crippen molar-refractivity contribution in [2.75, 3.05) is 0 Å². The van der Waals surface area contributed by atoms with E-state index in [1.807, 2.05) is 3.28 Å². The second kappa shape index (κ2) is 5.87. The summed E-state index contributed by atoms with van der Waals surface area (Å²) in [7, 11) is 0. The van der Waals surface area contributed by atoms with Gasteiger partial charge in [-0.3, -0.25) is 0 Å². The minimum atomic E-state index is -0.351. The molecule has 0 unspecified atom stereocenters. The summed E-state index contributed by atoms with van der Waals surface area (Å²) in [6, 6.07) is 0. The fraction of sp³-hybridized carbons (Fsp3) is 0.400. The van der Waals surface area contributed by atoms with E-state index in [1.165, 1.54) is 25.7 Å². The van der Waals surface area contributed by atoms with Crippen molar-refractivity contribution in [1.82, 2.24) is 0 Å². The van der Waals surface area contributed by atoms with Crippen LogP contribution in [0.1, 0.15) is 39.5 Å². The Morgan fingerprint density at radius 3 is 2.75 bits per heavy atom. The summed E-state index contributed by atoms with van der Waals surface area (Å²) in [6.45, 7) is 4.61. The SMILES string of the molecule is C[C](C)=[Zr][C]1=C(CCC2=CC=CC2)C=CC1. The molecule has 0 saturated heterocycles. The van der Waals surface area contributed by atoms with Gasteiger partial charge in [0.25, 0.3) is 0 Å². The molecule has 2 aliphatic rings. The van der Waals surface area contributed by atoms with Crippen LogP contribution in [0.3, 0.4) is 0 Å². The second-order valence-electron chi connectivity index (χ2n) is 4.69. The molecule has 0 aliphatic heterocycles. The van der Waals surface area contributed by atoms with Gasteiger partial charge in [0.15, 0.2) is 0 Å². The molecule has 0 heterocycles. The molecule has 0 aromatic carbocycles. The molecule has 0 spiro atoms. The molecule has 1 heteroatoms. The van der Waals surface area contributed by atoms with Gasteiger partial charge >= 0.3 is 110 Å². The third-order valence-electron chi connectivity index (χ3n) is 2.99. The monoisotopic (exact) mass is 289 g/mol. The molecular formula is C15H19Zr. The Hall–Kier alpha value is -0.287. The average Bonchev–Trinajstić information content (AvgIpc) is 2.84. The zero-order chi connectivity index (χ0) is 11.4. The first-order chi connectivity index (χ1) is 7.75. The molecule has 0 N–H and O–H groups in total. The van der Waals surface area contributed by atoms with E-state index in [0.717, 1.165) is 0 Å². The van der Waals surface area contributed by atoms with Crippen molar-refractivity contribution in [1.29, 1.82) is 0 Å². The quantitative estimate of drug-likeness (QED) is 0.729. The van der Waals surface area contributed by atoms with Crippen LogP contribution in [-0.2, 0) is 22.8 Å². The first-order valence-electron chi connectivity index (χ1n) is 6.06. The van der Waals surface area contributed by atoms with Gasteiger partial charge in [0.1, 0.15) is 0 Å². The molecular weight excluding hydrogens is 271 g/mol. The Kier molecular flexibility index (Phi) is 4.47. The van der Waals surface area contributed by atoms with Crippen LogP contribution >= 0.6 is 0 Å². The van der Waals surface area contributed by atoms with Crippen LogP contribution in [-0.4, -0.2) is 3.21 Å². The number of rotatable bonds is 4. The van der Waals surface area contributed by atoms with Crippen molar-refractivity contribution < 1.29 is 22.8 Å². The van der Waals surface area contributed by atoms with E-state index < -0.39 is 0 Å². The minimum absolute atomic E-state index is 0.351. The molecule has 0 fully saturated rings. The Bertz CT molecular complexity index is 413. The number of hydrogen-bond donors (Lipinski definition) is 0. The Labute approximate surface area is 110 Å². The van der Waals surface area contributed by atoms with Gasteiger partial charge in [0.05, 0.1) is 0 Å². The maximum absolute atomic E-state index is 2.38. The molecule has 0 amide bonds. The zero-order valence-electron chi connectivity index (χ0n) is 10.2. The second-order valence-corrected chi connectivity index (χ2v) is 9.25. The van der Waals surface area contributed by atoms with E-state index in [1.54, 1.807) is 14.4 Å². The summed E-state index contributed by atoms with van der Waals surface area (Å²) in [6.07, 6.45) is 16.4. The van der Waals surface area contributed by atoms with E-state index in [9.17, 15) is 0 Å². The summed E-state index contributed by atoms with van der Waals surface area (Å²) in [5.41, 5.74) is 3.27. The molecule has 0 radical (unpaired) electrons. The van der Waals surface area contributed by atoms with Crippen LogP contribution in [0.5, 0.6) is 0 Å². The standard InChI is InChI=1S/C12H13.C3H6.Zr/c1-2-6-11(5-1)9-10-12-7-3-4-8-12;1-3-2;/h1-3,5,7H,4,6,9-10H2;1-2H3;. The first-order valence-corrected chi connectivity index (χ1v) is 8.52. The summed E-state index contributed by atoms with van der Waals surface area (Å²) in [5.74, 6) is 0. The van der Waals surface area contributed by atoms with Gasteiger partial charge in [-0.05, 0) is 0 Å². The van der Waals surface area contributed by atoms with Crippen LogP contribution < -0.4 is 0 Å². The summed E-state index contributed by atoms with van der Waals surface area (Å²) >= 11 is -0.351. The van der Waals surface area contributed by atoms with Crippen molar-refractivity contribution in [3.05, 3.63) is 44.8 Å². The van der Waals surface area contributed by atoms with Crippen LogP contribution in [0.2, 0.25) is 0 Å². The van der Waals surface area contributed by atoms with Gasteiger partial charge in [-0.1, -0.05) is 0 Å². The average molecular weight is 291 g/mol. The molecule has 83 valence electrons. The van der Waals surface area contributed by atoms with E-state index >= 15 is 0 Å². The topological polar surface area (TPSA) is 0 Å². The molecule has 0 atom stereocenters. The van der Waals surface area contributed by atoms with Crippen molar-refractivity contribution in [2.24, 2.45) is 0 Å². The predicted octanol–water partition coefficient (Wildman–Crippen LogP) is 4.16. The van der Waals surface area contributed by atoms with Crippen molar-refractivity contribution >= 4 is 3.21 Å². The van der Waals surface area contributed by atoms with Gasteiger partial charge in [0.2, 0.25) is 0 Å². The molecule has 0 bridgehead atoms. The van der Waals surface area contributed by atoms with Gasteiger partial charge in [-0.25, -0.2) is 0 Å². The molecule has 0 aromatic heterocycles. The van der Waals surface area contributed by atoms with Gasteiger partial charge in [-0.2, -0.15) is 0 Å². The summed E-state index contributed by atoms with van der Waals surface area (Å²) in [4.78, 5) is 0. The van der Waals surface area contributed by atoms with Gasteiger partial charge < -0.3 is 0 Å². The van der Waals surface area contributed by atoms with Gasteiger partial charge in [-0.15, -0.1) is 0 Å². The normalized spacial score (nSPS) is 18.0. The molecule has 16 heavy (non-hydrogen) atoms. The molecule has 2 rings (SSSR count).